The highest BCUT2D eigenvalue weighted by Gasteiger charge is 2.45. The predicted octanol–water partition coefficient (Wildman–Crippen LogP) is 6.43. The van der Waals surface area contributed by atoms with Gasteiger partial charge in [0.1, 0.15) is 5.78 Å². The van der Waals surface area contributed by atoms with Crippen molar-refractivity contribution in [1.29, 1.82) is 0 Å². The van der Waals surface area contributed by atoms with Crippen molar-refractivity contribution in [1.82, 2.24) is 4.90 Å². The number of rotatable bonds is 7. The van der Waals surface area contributed by atoms with Crippen molar-refractivity contribution in [2.45, 2.75) is 57.8 Å². The van der Waals surface area contributed by atoms with E-state index in [-0.39, 0.29) is 22.9 Å². The monoisotopic (exact) mass is 457 g/mol. The molecule has 0 aliphatic carbocycles. The van der Waals surface area contributed by atoms with Crippen LogP contribution in [0, 0.1) is 5.92 Å². The second kappa shape index (κ2) is 11.7. The molecule has 1 saturated heterocycles. The molecule has 29 heavy (non-hydrogen) atoms. The third kappa shape index (κ3) is 5.38. The first kappa shape index (κ1) is 23.8. The Morgan fingerprint density at radius 1 is 0.862 bits per heavy atom. The number of ketones is 1. The van der Waals surface area contributed by atoms with Crippen molar-refractivity contribution < 1.29 is 4.79 Å². The normalized spacial score (nSPS) is 16.9. The molecule has 2 aromatic carbocycles. The van der Waals surface area contributed by atoms with E-state index in [2.05, 4.69) is 60.4 Å². The van der Waals surface area contributed by atoms with Crippen LogP contribution in [0.4, 0.5) is 0 Å². The number of hydrogen-bond acceptors (Lipinski definition) is 2. The summed E-state index contributed by atoms with van der Waals surface area (Å²) in [6, 6.07) is 20.9. The third-order valence-corrected chi connectivity index (χ3v) is 6.44. The van der Waals surface area contributed by atoms with E-state index < -0.39 is 5.41 Å². The van der Waals surface area contributed by atoms with Gasteiger partial charge in [-0.2, -0.15) is 0 Å². The van der Waals surface area contributed by atoms with Gasteiger partial charge in [0.25, 0.3) is 0 Å². The minimum absolute atomic E-state index is 0. The van der Waals surface area contributed by atoms with Crippen molar-refractivity contribution in [2.24, 2.45) is 5.92 Å². The Balaban J connectivity index is 0.00000300. The van der Waals surface area contributed by atoms with E-state index in [1.165, 1.54) is 32.1 Å². The molecule has 1 aliphatic heterocycles. The zero-order valence-electron chi connectivity index (χ0n) is 18.0. The number of nitrogens with zero attached hydrogens (tertiary/aromatic N) is 1. The fourth-order valence-electron chi connectivity index (χ4n) is 5.03. The lowest BCUT2D eigenvalue weighted by molar-refractivity contribution is -0.124. The molecule has 0 N–H and O–H groups in total. The first-order chi connectivity index (χ1) is 13.7. The van der Waals surface area contributed by atoms with Crippen LogP contribution in [0.3, 0.4) is 0 Å². The maximum atomic E-state index is 13.6. The van der Waals surface area contributed by atoms with Gasteiger partial charge < -0.3 is 4.90 Å². The van der Waals surface area contributed by atoms with Crippen LogP contribution in [0.2, 0.25) is 0 Å². The molecule has 1 fully saturated rings. The standard InChI is InChI=1S/C26H35NO.BrH/c1-3-25(28)26(23-15-9-7-10-16-23,24-17-11-8-12-18-24)22(2)21-27-19-13-5-4-6-14-20-27;/h7-12,15-18,22H,3-6,13-14,19-21H2,1-2H3;1H. The third-order valence-electron chi connectivity index (χ3n) is 6.44. The molecule has 2 aromatic rings. The first-order valence-corrected chi connectivity index (χ1v) is 11.1. The minimum atomic E-state index is -0.584. The SMILES string of the molecule is Br.CCC(=O)C(c1ccccc1)(c1ccccc1)C(C)CN1CCCCCCC1. The summed E-state index contributed by atoms with van der Waals surface area (Å²) >= 11 is 0. The molecule has 2 nitrogen and oxygen atoms in total. The van der Waals surface area contributed by atoms with Gasteiger partial charge in [-0.05, 0) is 43.0 Å². The fraction of sp³-hybridized carbons (Fsp3) is 0.500. The Labute approximate surface area is 187 Å². The molecular weight excluding hydrogens is 422 g/mol. The quantitative estimate of drug-likeness (QED) is 0.476. The van der Waals surface area contributed by atoms with Crippen LogP contribution in [-0.2, 0) is 10.2 Å². The second-order valence-electron chi connectivity index (χ2n) is 8.29. The Morgan fingerprint density at radius 2 is 1.31 bits per heavy atom. The molecule has 3 rings (SSSR count). The lowest BCUT2D eigenvalue weighted by Gasteiger charge is -2.41. The van der Waals surface area contributed by atoms with E-state index in [1.54, 1.807) is 0 Å². The summed E-state index contributed by atoms with van der Waals surface area (Å²) in [6.45, 7) is 7.57. The topological polar surface area (TPSA) is 20.3 Å². The zero-order chi connectivity index (χ0) is 19.8. The van der Waals surface area contributed by atoms with Crippen LogP contribution >= 0.6 is 17.0 Å². The molecular formula is C26H36BrNO. The van der Waals surface area contributed by atoms with E-state index in [0.29, 0.717) is 12.2 Å². The molecule has 1 heterocycles. The maximum absolute atomic E-state index is 13.6. The average molecular weight is 458 g/mol. The van der Waals surface area contributed by atoms with Crippen LogP contribution in [0.15, 0.2) is 60.7 Å². The lowest BCUT2D eigenvalue weighted by Crippen LogP contribution is -2.48. The smallest absolute Gasteiger partial charge is 0.147 e. The van der Waals surface area contributed by atoms with E-state index in [4.69, 9.17) is 0 Å². The fourth-order valence-corrected chi connectivity index (χ4v) is 5.03. The minimum Gasteiger partial charge on any atom is -0.303 e. The van der Waals surface area contributed by atoms with Crippen LogP contribution in [0.5, 0.6) is 0 Å². The van der Waals surface area contributed by atoms with Crippen LogP contribution in [0.25, 0.3) is 0 Å². The van der Waals surface area contributed by atoms with Gasteiger partial charge in [0.05, 0.1) is 5.41 Å². The van der Waals surface area contributed by atoms with Crippen molar-refractivity contribution in [2.75, 3.05) is 19.6 Å². The number of likely N-dealkylation sites (tertiary alicyclic amines) is 1. The summed E-state index contributed by atoms with van der Waals surface area (Å²) in [4.78, 5) is 16.2. The Bertz CT molecular complexity index is 683. The molecule has 3 heteroatoms. The number of carbonyl (C=O) groups excluding carboxylic acids is 1. The van der Waals surface area contributed by atoms with E-state index in [1.807, 2.05) is 19.1 Å². The molecule has 1 atom stereocenters. The molecule has 1 unspecified atom stereocenters. The molecule has 0 bridgehead atoms. The molecule has 0 aromatic heterocycles. The van der Waals surface area contributed by atoms with E-state index in [9.17, 15) is 4.79 Å². The molecule has 0 radical (unpaired) electrons. The highest BCUT2D eigenvalue weighted by atomic mass is 79.9. The van der Waals surface area contributed by atoms with E-state index >= 15 is 0 Å². The summed E-state index contributed by atoms with van der Waals surface area (Å²) in [6.07, 6.45) is 7.14. The summed E-state index contributed by atoms with van der Waals surface area (Å²) in [5.74, 6) is 0.536. The van der Waals surface area contributed by atoms with Gasteiger partial charge in [0, 0.05) is 13.0 Å². The second-order valence-corrected chi connectivity index (χ2v) is 8.29. The van der Waals surface area contributed by atoms with Gasteiger partial charge >= 0.3 is 0 Å². The van der Waals surface area contributed by atoms with Crippen molar-refractivity contribution >= 4 is 22.8 Å². The van der Waals surface area contributed by atoms with Crippen molar-refractivity contribution in [3.8, 4) is 0 Å². The summed E-state index contributed by atoms with van der Waals surface area (Å²) < 4.78 is 0. The number of carbonyl (C=O) groups is 1. The van der Waals surface area contributed by atoms with E-state index in [0.717, 1.165) is 30.8 Å². The molecule has 0 amide bonds. The molecule has 0 saturated carbocycles. The van der Waals surface area contributed by atoms with Gasteiger partial charge in [-0.1, -0.05) is 93.8 Å². The number of benzene rings is 2. The van der Waals surface area contributed by atoms with Gasteiger partial charge in [0.2, 0.25) is 0 Å². The zero-order valence-corrected chi connectivity index (χ0v) is 19.7. The number of hydrogen-bond donors (Lipinski definition) is 0. The van der Waals surface area contributed by atoms with Gasteiger partial charge in [-0.3, -0.25) is 4.79 Å². The largest absolute Gasteiger partial charge is 0.303 e. The Morgan fingerprint density at radius 3 is 1.76 bits per heavy atom. The molecule has 1 aliphatic rings. The van der Waals surface area contributed by atoms with Crippen molar-refractivity contribution in [3.05, 3.63) is 71.8 Å². The van der Waals surface area contributed by atoms with Gasteiger partial charge in [0.15, 0.2) is 0 Å². The average Bonchev–Trinajstić information content (AvgIpc) is 2.72. The summed E-state index contributed by atoms with van der Waals surface area (Å²) in [5, 5.41) is 0. The van der Waals surface area contributed by atoms with Gasteiger partial charge in [-0.25, -0.2) is 0 Å². The van der Waals surface area contributed by atoms with Crippen LogP contribution in [-0.4, -0.2) is 30.3 Å². The van der Waals surface area contributed by atoms with Crippen molar-refractivity contribution in [3.63, 3.8) is 0 Å². The first-order valence-electron chi connectivity index (χ1n) is 11.1. The highest BCUT2D eigenvalue weighted by molar-refractivity contribution is 8.93. The number of Topliss-reactive ketones (excluding diaryl/α,β-unsaturated/α-hetero) is 1. The highest BCUT2D eigenvalue weighted by Crippen LogP contribution is 2.41. The van der Waals surface area contributed by atoms with Gasteiger partial charge in [-0.15, -0.1) is 17.0 Å². The Kier molecular flexibility index (Phi) is 9.58. The summed E-state index contributed by atoms with van der Waals surface area (Å²) in [7, 11) is 0. The lowest BCUT2D eigenvalue weighted by atomic mass is 9.63. The number of halogens is 1. The molecule has 0 spiro atoms. The summed E-state index contributed by atoms with van der Waals surface area (Å²) in [5.41, 5.74) is 1.68. The van der Waals surface area contributed by atoms with Crippen LogP contribution < -0.4 is 0 Å². The predicted molar refractivity (Wildman–Crippen MR) is 128 cm³/mol. The van der Waals surface area contributed by atoms with Crippen LogP contribution in [0.1, 0.15) is 63.5 Å². The Hall–Kier alpha value is -1.45. The maximum Gasteiger partial charge on any atom is 0.147 e. The molecule has 158 valence electrons.